The topological polar surface area (TPSA) is 61.7 Å². The van der Waals surface area contributed by atoms with Gasteiger partial charge in [-0.1, -0.05) is 18.2 Å². The van der Waals surface area contributed by atoms with Crippen molar-refractivity contribution >= 4 is 17.1 Å². The Labute approximate surface area is 164 Å². The zero-order chi connectivity index (χ0) is 19.5. The van der Waals surface area contributed by atoms with Gasteiger partial charge in [-0.25, -0.2) is 0 Å². The number of benzene rings is 2. The smallest absolute Gasteiger partial charge is 0.327 e. The Morgan fingerprint density at radius 3 is 2.43 bits per heavy atom. The number of nitrogens with zero attached hydrogens (tertiary/aromatic N) is 3. The number of para-hydroxylation sites is 1. The summed E-state index contributed by atoms with van der Waals surface area (Å²) in [5.74, 6) is 0.110. The second-order valence-electron chi connectivity index (χ2n) is 7.64. The third kappa shape index (κ3) is 4.42. The molecule has 2 fully saturated rings. The van der Waals surface area contributed by atoms with Crippen LogP contribution < -0.4 is 10.2 Å². The van der Waals surface area contributed by atoms with Crippen molar-refractivity contribution in [2.75, 3.05) is 42.9 Å². The molecule has 2 aromatic rings. The predicted octanol–water partition coefficient (Wildman–Crippen LogP) is 3.88. The molecule has 0 amide bonds. The van der Waals surface area contributed by atoms with Gasteiger partial charge in [0.15, 0.2) is 0 Å². The Morgan fingerprint density at radius 1 is 1.07 bits per heavy atom. The van der Waals surface area contributed by atoms with Gasteiger partial charge in [0.05, 0.1) is 4.92 Å². The molecule has 0 bridgehead atoms. The van der Waals surface area contributed by atoms with Gasteiger partial charge in [0.1, 0.15) is 5.69 Å². The molecule has 148 valence electrons. The maximum absolute atomic E-state index is 13.7. The third-order valence-electron chi connectivity index (χ3n) is 5.54. The van der Waals surface area contributed by atoms with Crippen LogP contribution in [0.1, 0.15) is 18.4 Å². The van der Waals surface area contributed by atoms with E-state index in [0.29, 0.717) is 6.54 Å². The third-order valence-corrected chi connectivity index (χ3v) is 5.54. The fourth-order valence-electron chi connectivity index (χ4n) is 3.72. The van der Waals surface area contributed by atoms with Crippen molar-refractivity contribution in [3.05, 3.63) is 64.0 Å². The van der Waals surface area contributed by atoms with E-state index in [0.717, 1.165) is 43.7 Å². The van der Waals surface area contributed by atoms with Crippen molar-refractivity contribution in [3.63, 3.8) is 0 Å². The van der Waals surface area contributed by atoms with Crippen LogP contribution in [0, 0.1) is 21.8 Å². The maximum Gasteiger partial charge on any atom is 0.327 e. The molecule has 1 aliphatic heterocycles. The minimum absolute atomic E-state index is 0.195. The normalized spacial score (nSPS) is 17.5. The molecule has 0 atom stereocenters. The van der Waals surface area contributed by atoms with E-state index >= 15 is 0 Å². The Kier molecular flexibility index (Phi) is 5.43. The Balaban J connectivity index is 1.33. The van der Waals surface area contributed by atoms with Gasteiger partial charge < -0.3 is 10.2 Å². The van der Waals surface area contributed by atoms with Gasteiger partial charge in [-0.3, -0.25) is 15.0 Å². The molecule has 0 aromatic heterocycles. The number of rotatable bonds is 7. The van der Waals surface area contributed by atoms with Gasteiger partial charge in [-0.05, 0) is 48.6 Å². The van der Waals surface area contributed by atoms with Crippen molar-refractivity contribution in [1.29, 1.82) is 0 Å². The van der Waals surface area contributed by atoms with E-state index in [1.807, 2.05) is 12.1 Å². The van der Waals surface area contributed by atoms with Crippen LogP contribution in [0.2, 0.25) is 0 Å². The molecule has 6 nitrogen and oxygen atoms in total. The second-order valence-corrected chi connectivity index (χ2v) is 7.64. The first kappa shape index (κ1) is 18.7. The van der Waals surface area contributed by atoms with Gasteiger partial charge in [-0.2, -0.15) is 4.39 Å². The quantitative estimate of drug-likeness (QED) is 0.580. The van der Waals surface area contributed by atoms with Gasteiger partial charge in [-0.15, -0.1) is 0 Å². The molecule has 2 aliphatic rings. The minimum atomic E-state index is -0.828. The summed E-state index contributed by atoms with van der Waals surface area (Å²) in [4.78, 5) is 15.4. The van der Waals surface area contributed by atoms with Gasteiger partial charge >= 0.3 is 5.69 Å². The lowest BCUT2D eigenvalue weighted by molar-refractivity contribution is -0.386. The predicted molar refractivity (Wildman–Crippen MR) is 108 cm³/mol. The number of piperazine rings is 1. The Morgan fingerprint density at radius 2 is 1.79 bits per heavy atom. The van der Waals surface area contributed by atoms with Crippen LogP contribution in [0.5, 0.6) is 0 Å². The van der Waals surface area contributed by atoms with Gasteiger partial charge in [0.2, 0.25) is 5.82 Å². The van der Waals surface area contributed by atoms with Crippen LogP contribution >= 0.6 is 0 Å². The lowest BCUT2D eigenvalue weighted by atomic mass is 10.1. The number of halogens is 1. The average Bonchev–Trinajstić information content (AvgIpc) is 3.51. The molecule has 0 spiro atoms. The lowest BCUT2D eigenvalue weighted by Gasteiger charge is -2.36. The molecule has 0 unspecified atom stereocenters. The van der Waals surface area contributed by atoms with E-state index in [9.17, 15) is 14.5 Å². The average molecular weight is 384 g/mol. The van der Waals surface area contributed by atoms with Crippen LogP contribution in [-0.4, -0.2) is 42.5 Å². The summed E-state index contributed by atoms with van der Waals surface area (Å²) in [6, 6.07) is 12.3. The molecule has 7 heteroatoms. The summed E-state index contributed by atoms with van der Waals surface area (Å²) >= 11 is 0. The van der Waals surface area contributed by atoms with E-state index in [1.54, 1.807) is 0 Å². The molecule has 2 aromatic carbocycles. The molecule has 1 saturated carbocycles. The first-order valence-corrected chi connectivity index (χ1v) is 9.83. The first-order chi connectivity index (χ1) is 13.6. The Bertz CT molecular complexity index is 831. The van der Waals surface area contributed by atoms with Crippen LogP contribution in [0.4, 0.5) is 21.5 Å². The van der Waals surface area contributed by atoms with Crippen LogP contribution in [0.25, 0.3) is 0 Å². The highest BCUT2D eigenvalue weighted by Crippen LogP contribution is 2.30. The monoisotopic (exact) mass is 384 g/mol. The fraction of sp³-hybridized carbons (Fsp3) is 0.429. The Hall–Kier alpha value is -2.67. The maximum atomic E-state index is 13.7. The van der Waals surface area contributed by atoms with Gasteiger partial charge in [0, 0.05) is 45.0 Å². The van der Waals surface area contributed by atoms with Crippen LogP contribution in [0.15, 0.2) is 42.5 Å². The molecule has 28 heavy (non-hydrogen) atoms. The van der Waals surface area contributed by atoms with E-state index in [2.05, 4.69) is 27.2 Å². The SMILES string of the molecule is O=[N+]([O-])c1c(F)cccc1NCc1ccc(N2CCN(CC3CC3)CC2)cc1. The van der Waals surface area contributed by atoms with Crippen molar-refractivity contribution in [1.82, 2.24) is 4.90 Å². The molecule has 0 radical (unpaired) electrons. The van der Waals surface area contributed by atoms with Crippen molar-refractivity contribution < 1.29 is 9.31 Å². The van der Waals surface area contributed by atoms with E-state index < -0.39 is 16.4 Å². The molecule has 1 saturated heterocycles. The number of nitrogens with one attached hydrogen (secondary N) is 1. The fourth-order valence-corrected chi connectivity index (χ4v) is 3.72. The van der Waals surface area contributed by atoms with Crippen molar-refractivity contribution in [2.45, 2.75) is 19.4 Å². The largest absolute Gasteiger partial charge is 0.375 e. The molecule has 1 N–H and O–H groups in total. The number of anilines is 2. The number of nitro benzene ring substituents is 1. The highest BCUT2D eigenvalue weighted by Gasteiger charge is 2.26. The summed E-state index contributed by atoms with van der Waals surface area (Å²) in [5, 5.41) is 14.1. The van der Waals surface area contributed by atoms with Crippen LogP contribution in [-0.2, 0) is 6.54 Å². The second kappa shape index (κ2) is 8.14. The summed E-state index contributed by atoms with van der Waals surface area (Å²) in [7, 11) is 0. The van der Waals surface area contributed by atoms with Crippen molar-refractivity contribution in [2.24, 2.45) is 5.92 Å². The lowest BCUT2D eigenvalue weighted by Crippen LogP contribution is -2.47. The van der Waals surface area contributed by atoms with Crippen molar-refractivity contribution in [3.8, 4) is 0 Å². The molecular weight excluding hydrogens is 359 g/mol. The molecular formula is C21H25FN4O2. The zero-order valence-electron chi connectivity index (χ0n) is 15.8. The minimum Gasteiger partial charge on any atom is -0.375 e. The first-order valence-electron chi connectivity index (χ1n) is 9.83. The highest BCUT2D eigenvalue weighted by molar-refractivity contribution is 5.62. The zero-order valence-corrected chi connectivity index (χ0v) is 15.8. The standard InChI is InChI=1S/C21H25FN4O2/c22-19-2-1-3-20(21(19)26(27)28)23-14-16-6-8-18(9-7-16)25-12-10-24(11-13-25)15-17-4-5-17/h1-3,6-9,17,23H,4-5,10-15H2. The summed E-state index contributed by atoms with van der Waals surface area (Å²) < 4.78 is 13.7. The molecule has 1 aliphatic carbocycles. The number of hydrogen-bond acceptors (Lipinski definition) is 5. The van der Waals surface area contributed by atoms with E-state index in [1.165, 1.54) is 37.2 Å². The van der Waals surface area contributed by atoms with E-state index in [-0.39, 0.29) is 5.69 Å². The number of hydrogen-bond donors (Lipinski definition) is 1. The van der Waals surface area contributed by atoms with Crippen LogP contribution in [0.3, 0.4) is 0 Å². The summed E-state index contributed by atoms with van der Waals surface area (Å²) in [5.41, 5.74) is 1.88. The summed E-state index contributed by atoms with van der Waals surface area (Å²) in [6.07, 6.45) is 2.79. The van der Waals surface area contributed by atoms with Gasteiger partial charge in [0.25, 0.3) is 0 Å². The summed E-state index contributed by atoms with van der Waals surface area (Å²) in [6.45, 7) is 5.97. The molecule has 4 rings (SSSR count). The highest BCUT2D eigenvalue weighted by atomic mass is 19.1. The molecule has 1 heterocycles. The van der Waals surface area contributed by atoms with E-state index in [4.69, 9.17) is 0 Å². The number of nitro groups is 1.